The van der Waals surface area contributed by atoms with Crippen molar-refractivity contribution in [1.29, 1.82) is 0 Å². The lowest BCUT2D eigenvalue weighted by Crippen LogP contribution is -2.54. The summed E-state index contributed by atoms with van der Waals surface area (Å²) >= 11 is 0. The lowest BCUT2D eigenvalue weighted by molar-refractivity contribution is -0.149. The molecule has 0 aromatic heterocycles. The highest BCUT2D eigenvalue weighted by molar-refractivity contribution is 5.88. The van der Waals surface area contributed by atoms with Crippen LogP contribution in [0.3, 0.4) is 0 Å². The zero-order valence-corrected chi connectivity index (χ0v) is 16.6. The highest BCUT2D eigenvalue weighted by Crippen LogP contribution is 2.20. The minimum absolute atomic E-state index is 0.335. The van der Waals surface area contributed by atoms with E-state index in [0.717, 1.165) is 12.0 Å². The molecule has 0 aliphatic carbocycles. The number of unbranched alkanes of at least 4 members (excludes halogenated alkanes) is 1. The molecule has 1 aromatic rings. The zero-order valence-electron chi connectivity index (χ0n) is 16.6. The molecule has 1 aliphatic heterocycles. The molecule has 1 aromatic carbocycles. The third kappa shape index (κ3) is 6.83. The fraction of sp³-hybridized carbons (Fsp3) is 0.571. The van der Waals surface area contributed by atoms with Crippen LogP contribution in [0.4, 0.5) is 0 Å². The summed E-state index contributed by atoms with van der Waals surface area (Å²) in [6.45, 7) is 0.866. The highest BCUT2D eigenvalue weighted by atomic mass is 16.4. The molecule has 5 N–H and O–H groups in total. The van der Waals surface area contributed by atoms with Crippen LogP contribution in [0.25, 0.3) is 0 Å². The number of carboxylic acids is 2. The van der Waals surface area contributed by atoms with Crippen LogP contribution in [0.2, 0.25) is 0 Å². The Bertz CT molecular complexity index is 682. The number of nitrogens with two attached hydrogens (primary N) is 1. The second-order valence-electron chi connectivity index (χ2n) is 7.45. The average Bonchev–Trinajstić information content (AvgIpc) is 3.20. The standard InChI is InChI=1S/C21H31N3O5/c22-13-5-4-9-16(19(25)24-14-6-10-18(24)21(28)29)23-17(20(26)27)12-11-15-7-2-1-3-8-15/h1-3,7-8,16-18,23H,4-6,9-14,22H2,(H,26,27)(H,28,29)/t16-,17?,18-/m1/s1. The quantitative estimate of drug-likeness (QED) is 0.384. The first kappa shape index (κ1) is 22.8. The fourth-order valence-electron chi connectivity index (χ4n) is 3.73. The van der Waals surface area contributed by atoms with Gasteiger partial charge in [0.05, 0.1) is 6.04 Å². The SMILES string of the molecule is NCCCC[C@@H](NC(CCc1ccccc1)C(=O)O)C(=O)N1CCC[C@@H]1C(=O)O. The molecule has 1 unspecified atom stereocenters. The minimum atomic E-state index is -1.02. The topological polar surface area (TPSA) is 133 Å². The molecular formula is C21H31N3O5. The van der Waals surface area contributed by atoms with Gasteiger partial charge in [0.25, 0.3) is 0 Å². The summed E-state index contributed by atoms with van der Waals surface area (Å²) in [7, 11) is 0. The molecule has 0 radical (unpaired) electrons. The Morgan fingerprint density at radius 2 is 1.83 bits per heavy atom. The van der Waals surface area contributed by atoms with E-state index in [-0.39, 0.29) is 5.91 Å². The van der Waals surface area contributed by atoms with E-state index in [9.17, 15) is 24.6 Å². The molecule has 160 valence electrons. The smallest absolute Gasteiger partial charge is 0.326 e. The molecule has 1 aliphatic rings. The number of carbonyl (C=O) groups excluding carboxylic acids is 1. The second kappa shape index (κ2) is 11.5. The Balaban J connectivity index is 2.08. The van der Waals surface area contributed by atoms with E-state index in [1.165, 1.54) is 4.90 Å². The van der Waals surface area contributed by atoms with Crippen LogP contribution < -0.4 is 11.1 Å². The van der Waals surface area contributed by atoms with Crippen molar-refractivity contribution in [2.24, 2.45) is 5.73 Å². The first-order valence-electron chi connectivity index (χ1n) is 10.2. The summed E-state index contributed by atoms with van der Waals surface area (Å²) in [4.78, 5) is 37.7. The number of hydrogen-bond donors (Lipinski definition) is 4. The molecule has 8 nitrogen and oxygen atoms in total. The molecule has 1 saturated heterocycles. The fourth-order valence-corrected chi connectivity index (χ4v) is 3.73. The van der Waals surface area contributed by atoms with Gasteiger partial charge in [-0.1, -0.05) is 36.8 Å². The maximum atomic E-state index is 13.1. The molecule has 3 atom stereocenters. The van der Waals surface area contributed by atoms with Gasteiger partial charge in [-0.05, 0) is 50.6 Å². The molecule has 1 fully saturated rings. The maximum absolute atomic E-state index is 13.1. The van der Waals surface area contributed by atoms with Gasteiger partial charge in [-0.2, -0.15) is 0 Å². The molecule has 0 saturated carbocycles. The molecule has 29 heavy (non-hydrogen) atoms. The van der Waals surface area contributed by atoms with Crippen molar-refractivity contribution in [1.82, 2.24) is 10.2 Å². The summed E-state index contributed by atoms with van der Waals surface area (Å²) < 4.78 is 0. The summed E-state index contributed by atoms with van der Waals surface area (Å²) in [6.07, 6.45) is 3.76. The van der Waals surface area contributed by atoms with Crippen molar-refractivity contribution >= 4 is 17.8 Å². The number of aliphatic carboxylic acids is 2. The van der Waals surface area contributed by atoms with Crippen molar-refractivity contribution < 1.29 is 24.6 Å². The van der Waals surface area contributed by atoms with Gasteiger partial charge in [-0.3, -0.25) is 14.9 Å². The number of amides is 1. The number of aryl methyl sites for hydroxylation is 1. The molecule has 1 heterocycles. The zero-order chi connectivity index (χ0) is 21.2. The first-order valence-corrected chi connectivity index (χ1v) is 10.2. The highest BCUT2D eigenvalue weighted by Gasteiger charge is 2.38. The Labute approximate surface area is 171 Å². The van der Waals surface area contributed by atoms with Gasteiger partial charge in [0.2, 0.25) is 5.91 Å². The van der Waals surface area contributed by atoms with Gasteiger partial charge >= 0.3 is 11.9 Å². The third-order valence-corrected chi connectivity index (χ3v) is 5.33. The van der Waals surface area contributed by atoms with Crippen LogP contribution in [-0.4, -0.2) is 64.2 Å². The Morgan fingerprint density at radius 3 is 2.45 bits per heavy atom. The van der Waals surface area contributed by atoms with E-state index in [2.05, 4.69) is 5.32 Å². The average molecular weight is 405 g/mol. The number of benzene rings is 1. The van der Waals surface area contributed by atoms with E-state index < -0.39 is 30.1 Å². The van der Waals surface area contributed by atoms with Crippen molar-refractivity contribution in [3.05, 3.63) is 35.9 Å². The number of rotatable bonds is 12. The second-order valence-corrected chi connectivity index (χ2v) is 7.45. The van der Waals surface area contributed by atoms with Crippen LogP contribution in [0.1, 0.15) is 44.1 Å². The van der Waals surface area contributed by atoms with E-state index in [1.54, 1.807) is 0 Å². The van der Waals surface area contributed by atoms with Crippen LogP contribution >= 0.6 is 0 Å². The van der Waals surface area contributed by atoms with Crippen molar-refractivity contribution in [2.75, 3.05) is 13.1 Å². The van der Waals surface area contributed by atoms with Gasteiger partial charge in [0, 0.05) is 6.54 Å². The monoisotopic (exact) mass is 405 g/mol. The molecule has 0 bridgehead atoms. The van der Waals surface area contributed by atoms with E-state index >= 15 is 0 Å². The van der Waals surface area contributed by atoms with Gasteiger partial charge in [0.1, 0.15) is 12.1 Å². The lowest BCUT2D eigenvalue weighted by atomic mass is 10.0. The first-order chi connectivity index (χ1) is 13.9. The van der Waals surface area contributed by atoms with E-state index in [0.29, 0.717) is 51.6 Å². The summed E-state index contributed by atoms with van der Waals surface area (Å²) in [5.41, 5.74) is 6.57. The largest absolute Gasteiger partial charge is 0.480 e. The van der Waals surface area contributed by atoms with Crippen LogP contribution in [0.15, 0.2) is 30.3 Å². The summed E-state index contributed by atoms with van der Waals surface area (Å²) in [5, 5.41) is 22.0. The number of hydrogen-bond acceptors (Lipinski definition) is 5. The number of carboxylic acid groups (broad SMARTS) is 2. The minimum Gasteiger partial charge on any atom is -0.480 e. The summed E-state index contributed by atoms with van der Waals surface area (Å²) in [5.74, 6) is -2.37. The molecule has 1 amide bonds. The number of likely N-dealkylation sites (tertiary alicyclic amines) is 1. The third-order valence-electron chi connectivity index (χ3n) is 5.33. The van der Waals surface area contributed by atoms with Crippen LogP contribution in [-0.2, 0) is 20.8 Å². The Morgan fingerprint density at radius 1 is 1.10 bits per heavy atom. The number of carbonyl (C=O) groups is 3. The Kier molecular flexibility index (Phi) is 9.08. The molecule has 2 rings (SSSR count). The molecule has 0 spiro atoms. The summed E-state index contributed by atoms with van der Waals surface area (Å²) in [6, 6.07) is 7.10. The van der Waals surface area contributed by atoms with Crippen molar-refractivity contribution in [3.63, 3.8) is 0 Å². The molecule has 8 heteroatoms. The normalized spacial score (nSPS) is 18.4. The van der Waals surface area contributed by atoms with Crippen LogP contribution in [0, 0.1) is 0 Å². The van der Waals surface area contributed by atoms with Gasteiger partial charge < -0.3 is 20.8 Å². The van der Waals surface area contributed by atoms with Crippen molar-refractivity contribution in [3.8, 4) is 0 Å². The Hall–Kier alpha value is -2.45. The van der Waals surface area contributed by atoms with Crippen LogP contribution in [0.5, 0.6) is 0 Å². The van der Waals surface area contributed by atoms with E-state index in [1.807, 2.05) is 30.3 Å². The number of nitrogens with one attached hydrogen (secondary N) is 1. The predicted octanol–water partition coefficient (Wildman–Crippen LogP) is 1.24. The van der Waals surface area contributed by atoms with Gasteiger partial charge in [-0.25, -0.2) is 4.79 Å². The maximum Gasteiger partial charge on any atom is 0.326 e. The lowest BCUT2D eigenvalue weighted by Gasteiger charge is -2.29. The number of nitrogens with zero attached hydrogens (tertiary/aromatic N) is 1. The molecular weight excluding hydrogens is 374 g/mol. The van der Waals surface area contributed by atoms with Gasteiger partial charge in [0.15, 0.2) is 0 Å². The predicted molar refractivity (Wildman–Crippen MR) is 108 cm³/mol. The van der Waals surface area contributed by atoms with Crippen molar-refractivity contribution in [2.45, 2.75) is 63.1 Å². The van der Waals surface area contributed by atoms with Gasteiger partial charge in [-0.15, -0.1) is 0 Å². The van der Waals surface area contributed by atoms with E-state index in [4.69, 9.17) is 5.73 Å².